The molecule has 2 rings (SSSR count). The van der Waals surface area contributed by atoms with Crippen LogP contribution in [0.15, 0.2) is 18.2 Å². The topological polar surface area (TPSA) is 41.6 Å². The zero-order valence-electron chi connectivity index (χ0n) is 12.9. The van der Waals surface area contributed by atoms with E-state index in [1.807, 2.05) is 0 Å². The van der Waals surface area contributed by atoms with Crippen LogP contribution in [0.2, 0.25) is 10.0 Å². The molecule has 1 unspecified atom stereocenters. The van der Waals surface area contributed by atoms with E-state index in [0.717, 1.165) is 19.6 Å². The van der Waals surface area contributed by atoms with Crippen LogP contribution >= 0.6 is 23.2 Å². The maximum atomic E-state index is 12.2. The predicted molar refractivity (Wildman–Crippen MR) is 89.8 cm³/mol. The van der Waals surface area contributed by atoms with Crippen molar-refractivity contribution in [3.05, 3.63) is 33.8 Å². The number of ether oxygens (including phenoxy) is 1. The van der Waals surface area contributed by atoms with Gasteiger partial charge in [0, 0.05) is 26.2 Å². The summed E-state index contributed by atoms with van der Waals surface area (Å²) in [4.78, 5) is 14.6. The Morgan fingerprint density at radius 1 is 1.45 bits per heavy atom. The number of hydrogen-bond donors (Lipinski definition) is 1. The molecular weight excluding hydrogens is 323 g/mol. The number of carbonyl (C=O) groups excluding carboxylic acids is 1. The molecule has 1 N–H and O–H groups in total. The van der Waals surface area contributed by atoms with Crippen molar-refractivity contribution in [2.24, 2.45) is 5.92 Å². The Kier molecular flexibility index (Phi) is 6.50. The van der Waals surface area contributed by atoms with Gasteiger partial charge >= 0.3 is 0 Å². The van der Waals surface area contributed by atoms with Crippen LogP contribution in [0, 0.1) is 5.92 Å². The molecule has 1 fully saturated rings. The average molecular weight is 345 g/mol. The fourth-order valence-corrected chi connectivity index (χ4v) is 2.95. The number of halogens is 2. The third-order valence-corrected chi connectivity index (χ3v) is 4.35. The number of nitrogens with one attached hydrogen (secondary N) is 1. The van der Waals surface area contributed by atoms with E-state index in [4.69, 9.17) is 27.9 Å². The minimum Gasteiger partial charge on any atom is -0.374 e. The van der Waals surface area contributed by atoms with Crippen molar-refractivity contribution in [1.82, 2.24) is 10.2 Å². The third kappa shape index (κ3) is 4.85. The van der Waals surface area contributed by atoms with Gasteiger partial charge in [-0.25, -0.2) is 0 Å². The Labute approximate surface area is 141 Å². The average Bonchev–Trinajstić information content (AvgIpc) is 2.47. The molecule has 1 atom stereocenters. The van der Waals surface area contributed by atoms with Crippen molar-refractivity contribution in [2.45, 2.75) is 20.0 Å². The molecular formula is C16H22Cl2N2O2. The largest absolute Gasteiger partial charge is 0.374 e. The Hall–Kier alpha value is -0.810. The summed E-state index contributed by atoms with van der Waals surface area (Å²) in [7, 11) is 0. The van der Waals surface area contributed by atoms with Crippen LogP contribution < -0.4 is 5.32 Å². The second-order valence-corrected chi connectivity index (χ2v) is 6.74. The summed E-state index contributed by atoms with van der Waals surface area (Å²) in [5.74, 6) is 0.399. The maximum Gasteiger partial charge on any atom is 0.252 e. The van der Waals surface area contributed by atoms with E-state index in [2.05, 4.69) is 24.1 Å². The van der Waals surface area contributed by atoms with Gasteiger partial charge in [0.1, 0.15) is 0 Å². The highest BCUT2D eigenvalue weighted by atomic mass is 35.5. The van der Waals surface area contributed by atoms with Crippen molar-refractivity contribution >= 4 is 29.1 Å². The molecule has 0 aromatic heterocycles. The second-order valence-electron chi connectivity index (χ2n) is 5.96. The first-order chi connectivity index (χ1) is 10.5. The molecule has 22 heavy (non-hydrogen) atoms. The molecule has 1 aliphatic heterocycles. The van der Waals surface area contributed by atoms with Crippen LogP contribution in [0.25, 0.3) is 0 Å². The number of nitrogens with zero attached hydrogens (tertiary/aromatic N) is 1. The SMILES string of the molecule is CC(C)CN1CCOC(CNC(=O)c2cccc(Cl)c2Cl)C1. The minimum atomic E-state index is -0.225. The molecule has 0 saturated carbocycles. The van der Waals surface area contributed by atoms with Gasteiger partial charge in [-0.05, 0) is 18.1 Å². The molecule has 1 aromatic carbocycles. The number of morpholine rings is 1. The predicted octanol–water partition coefficient (Wildman–Crippen LogP) is 3.08. The van der Waals surface area contributed by atoms with Gasteiger partial charge in [-0.1, -0.05) is 43.1 Å². The van der Waals surface area contributed by atoms with Gasteiger partial charge in [0.25, 0.3) is 5.91 Å². The van der Waals surface area contributed by atoms with E-state index in [-0.39, 0.29) is 17.0 Å². The molecule has 1 aliphatic rings. The van der Waals surface area contributed by atoms with E-state index >= 15 is 0 Å². The molecule has 0 radical (unpaired) electrons. The zero-order valence-corrected chi connectivity index (χ0v) is 14.5. The monoisotopic (exact) mass is 344 g/mol. The molecule has 1 aromatic rings. The summed E-state index contributed by atoms with van der Waals surface area (Å²) in [6.45, 7) is 8.40. The molecule has 0 spiro atoms. The molecule has 0 aliphatic carbocycles. The summed E-state index contributed by atoms with van der Waals surface area (Å²) in [6, 6.07) is 5.04. The van der Waals surface area contributed by atoms with Crippen molar-refractivity contribution in [3.63, 3.8) is 0 Å². The van der Waals surface area contributed by atoms with Gasteiger partial charge in [0.15, 0.2) is 0 Å². The van der Waals surface area contributed by atoms with Gasteiger partial charge in [0.05, 0.1) is 28.3 Å². The smallest absolute Gasteiger partial charge is 0.252 e. The van der Waals surface area contributed by atoms with E-state index in [0.29, 0.717) is 29.7 Å². The molecule has 0 bridgehead atoms. The van der Waals surface area contributed by atoms with Gasteiger partial charge in [0.2, 0.25) is 0 Å². The summed E-state index contributed by atoms with van der Waals surface area (Å²) >= 11 is 12.0. The first-order valence-corrected chi connectivity index (χ1v) is 8.29. The summed E-state index contributed by atoms with van der Waals surface area (Å²) in [6.07, 6.45) is 0.00871. The van der Waals surface area contributed by atoms with Crippen LogP contribution in [0.1, 0.15) is 24.2 Å². The van der Waals surface area contributed by atoms with Crippen LogP contribution in [-0.4, -0.2) is 49.7 Å². The van der Waals surface area contributed by atoms with E-state index < -0.39 is 0 Å². The van der Waals surface area contributed by atoms with Crippen molar-refractivity contribution in [1.29, 1.82) is 0 Å². The molecule has 4 nitrogen and oxygen atoms in total. The summed E-state index contributed by atoms with van der Waals surface area (Å²) in [5.41, 5.74) is 0.393. The Morgan fingerprint density at radius 2 is 2.23 bits per heavy atom. The van der Waals surface area contributed by atoms with E-state index in [9.17, 15) is 4.79 Å². The van der Waals surface area contributed by atoms with E-state index in [1.54, 1.807) is 18.2 Å². The number of hydrogen-bond acceptors (Lipinski definition) is 3. The van der Waals surface area contributed by atoms with Crippen LogP contribution in [0.3, 0.4) is 0 Å². The first kappa shape index (κ1) is 17.5. The van der Waals surface area contributed by atoms with Crippen LogP contribution in [0.4, 0.5) is 0 Å². The minimum absolute atomic E-state index is 0.00871. The fraction of sp³-hybridized carbons (Fsp3) is 0.562. The lowest BCUT2D eigenvalue weighted by atomic mass is 10.1. The fourth-order valence-electron chi connectivity index (χ4n) is 2.57. The highest BCUT2D eigenvalue weighted by Crippen LogP contribution is 2.25. The number of carbonyl (C=O) groups is 1. The number of rotatable bonds is 5. The quantitative estimate of drug-likeness (QED) is 0.892. The second kappa shape index (κ2) is 8.16. The van der Waals surface area contributed by atoms with Crippen molar-refractivity contribution < 1.29 is 9.53 Å². The van der Waals surface area contributed by atoms with E-state index in [1.165, 1.54) is 0 Å². The summed E-state index contributed by atoms with van der Waals surface area (Å²) < 4.78 is 5.71. The molecule has 1 heterocycles. The highest BCUT2D eigenvalue weighted by molar-refractivity contribution is 6.43. The highest BCUT2D eigenvalue weighted by Gasteiger charge is 2.22. The van der Waals surface area contributed by atoms with Gasteiger partial charge in [-0.2, -0.15) is 0 Å². The lowest BCUT2D eigenvalue weighted by Gasteiger charge is -2.34. The van der Waals surface area contributed by atoms with Crippen LogP contribution in [-0.2, 0) is 4.74 Å². The maximum absolute atomic E-state index is 12.2. The Balaban J connectivity index is 1.87. The Bertz CT molecular complexity index is 523. The molecule has 1 saturated heterocycles. The molecule has 6 heteroatoms. The summed E-state index contributed by atoms with van der Waals surface area (Å²) in [5, 5.41) is 3.54. The van der Waals surface area contributed by atoms with Crippen LogP contribution in [0.5, 0.6) is 0 Å². The normalized spacial score (nSPS) is 19.4. The molecule has 122 valence electrons. The zero-order chi connectivity index (χ0) is 16.1. The van der Waals surface area contributed by atoms with Gasteiger partial charge < -0.3 is 10.1 Å². The lowest BCUT2D eigenvalue weighted by molar-refractivity contribution is -0.0295. The van der Waals surface area contributed by atoms with Gasteiger partial charge in [-0.3, -0.25) is 9.69 Å². The van der Waals surface area contributed by atoms with Crippen molar-refractivity contribution in [3.8, 4) is 0 Å². The number of amides is 1. The third-order valence-electron chi connectivity index (χ3n) is 3.53. The number of benzene rings is 1. The van der Waals surface area contributed by atoms with Gasteiger partial charge in [-0.15, -0.1) is 0 Å². The lowest BCUT2D eigenvalue weighted by Crippen LogP contribution is -2.48. The first-order valence-electron chi connectivity index (χ1n) is 7.53. The van der Waals surface area contributed by atoms with Crippen molar-refractivity contribution in [2.75, 3.05) is 32.8 Å². The Morgan fingerprint density at radius 3 is 2.95 bits per heavy atom. The molecule has 1 amide bonds. The standard InChI is InChI=1S/C16H22Cl2N2O2/c1-11(2)9-20-6-7-22-12(10-20)8-19-16(21)13-4-3-5-14(17)15(13)18/h3-5,11-12H,6-10H2,1-2H3,(H,19,21).